The number of hydrogen-bond donors (Lipinski definition) is 3. The van der Waals surface area contributed by atoms with E-state index in [0.29, 0.717) is 23.9 Å². The van der Waals surface area contributed by atoms with Gasteiger partial charge in [-0.2, -0.15) is 0 Å². The smallest absolute Gasteiger partial charge is 0.339 e. The summed E-state index contributed by atoms with van der Waals surface area (Å²) in [4.78, 5) is 11.5. The molecule has 1 heterocycles. The van der Waals surface area contributed by atoms with Crippen LogP contribution in [-0.2, 0) is 6.42 Å². The standard InChI is InChI=1S/C26H26ClNO6/c27-18-7-10-23(26(30)31)25(13-18)33-21-9-11-24-17(12-21)6-8-22(34-24)15-28-14-19(29)16-32-20-4-2-1-3-5-20/h1-5,7,9-13,19,22,28-29H,6,8,14-16H2,(H,30,31)/t19-,22+/m0/s1. The Bertz CT molecular complexity index is 1120. The van der Waals surface area contributed by atoms with Crippen LogP contribution in [0.5, 0.6) is 23.0 Å². The topological polar surface area (TPSA) is 97.3 Å². The molecule has 7 nitrogen and oxygen atoms in total. The third-order valence-electron chi connectivity index (χ3n) is 5.40. The van der Waals surface area contributed by atoms with Crippen LogP contribution in [0.15, 0.2) is 66.7 Å². The van der Waals surface area contributed by atoms with E-state index in [-0.39, 0.29) is 24.0 Å². The summed E-state index contributed by atoms with van der Waals surface area (Å²) in [5.41, 5.74) is 1.03. The van der Waals surface area contributed by atoms with Crippen molar-refractivity contribution in [2.24, 2.45) is 0 Å². The van der Waals surface area contributed by atoms with Crippen LogP contribution in [0.1, 0.15) is 22.3 Å². The van der Waals surface area contributed by atoms with Crippen molar-refractivity contribution in [3.05, 3.63) is 82.9 Å². The molecule has 0 aromatic heterocycles. The van der Waals surface area contributed by atoms with E-state index in [2.05, 4.69) is 5.32 Å². The van der Waals surface area contributed by atoms with Crippen LogP contribution in [0.3, 0.4) is 0 Å². The van der Waals surface area contributed by atoms with Crippen LogP contribution in [0.4, 0.5) is 0 Å². The molecular formula is C26H26ClNO6. The Labute approximate surface area is 202 Å². The van der Waals surface area contributed by atoms with E-state index in [0.717, 1.165) is 29.9 Å². The molecular weight excluding hydrogens is 458 g/mol. The van der Waals surface area contributed by atoms with Crippen molar-refractivity contribution in [1.29, 1.82) is 0 Å². The van der Waals surface area contributed by atoms with Gasteiger partial charge in [0, 0.05) is 24.2 Å². The molecule has 0 saturated carbocycles. The minimum absolute atomic E-state index is 0.0203. The highest BCUT2D eigenvalue weighted by molar-refractivity contribution is 6.30. The quantitative estimate of drug-likeness (QED) is 0.389. The van der Waals surface area contributed by atoms with Gasteiger partial charge in [-0.15, -0.1) is 0 Å². The molecule has 3 N–H and O–H groups in total. The van der Waals surface area contributed by atoms with Gasteiger partial charge in [-0.1, -0.05) is 29.8 Å². The molecule has 0 bridgehead atoms. The second-order valence-corrected chi connectivity index (χ2v) is 8.47. The predicted octanol–water partition coefficient (Wildman–Crippen LogP) is 4.55. The zero-order chi connectivity index (χ0) is 23.9. The van der Waals surface area contributed by atoms with Crippen molar-refractivity contribution in [2.45, 2.75) is 25.0 Å². The lowest BCUT2D eigenvalue weighted by Crippen LogP contribution is -2.39. The summed E-state index contributed by atoms with van der Waals surface area (Å²) in [6.45, 7) is 1.22. The zero-order valence-electron chi connectivity index (χ0n) is 18.4. The number of aliphatic hydroxyl groups is 1. The molecule has 178 valence electrons. The molecule has 1 aliphatic rings. The molecule has 2 atom stereocenters. The summed E-state index contributed by atoms with van der Waals surface area (Å²) in [6.07, 6.45) is 0.948. The third-order valence-corrected chi connectivity index (χ3v) is 5.64. The number of hydrogen-bond acceptors (Lipinski definition) is 6. The number of aromatic carboxylic acids is 1. The first-order chi connectivity index (χ1) is 16.5. The molecule has 1 aliphatic heterocycles. The SMILES string of the molecule is O=C(O)c1ccc(Cl)cc1Oc1ccc2c(c1)CC[C@H](CNC[C@H](O)COc1ccccc1)O2. The van der Waals surface area contributed by atoms with Crippen molar-refractivity contribution < 1.29 is 29.2 Å². The van der Waals surface area contributed by atoms with Gasteiger partial charge in [0.05, 0.1) is 0 Å². The lowest BCUT2D eigenvalue weighted by molar-refractivity contribution is 0.0694. The third kappa shape index (κ3) is 6.41. The van der Waals surface area contributed by atoms with Crippen molar-refractivity contribution >= 4 is 17.6 Å². The number of rotatable bonds is 10. The Morgan fingerprint density at radius 2 is 1.94 bits per heavy atom. The number of para-hydroxylation sites is 1. The Balaban J connectivity index is 1.27. The van der Waals surface area contributed by atoms with Gasteiger partial charge >= 0.3 is 5.97 Å². The first kappa shape index (κ1) is 23.9. The number of carbonyl (C=O) groups is 1. The molecule has 3 aromatic carbocycles. The zero-order valence-corrected chi connectivity index (χ0v) is 19.2. The van der Waals surface area contributed by atoms with Gasteiger partial charge in [0.25, 0.3) is 0 Å². The van der Waals surface area contributed by atoms with Crippen LogP contribution < -0.4 is 19.5 Å². The number of nitrogens with one attached hydrogen (secondary N) is 1. The van der Waals surface area contributed by atoms with Gasteiger partial charge in [-0.05, 0) is 60.9 Å². The fraction of sp³-hybridized carbons (Fsp3) is 0.269. The molecule has 34 heavy (non-hydrogen) atoms. The summed E-state index contributed by atoms with van der Waals surface area (Å²) in [5.74, 6) is 1.12. The lowest BCUT2D eigenvalue weighted by atomic mass is 10.0. The molecule has 0 amide bonds. The molecule has 0 aliphatic carbocycles. The highest BCUT2D eigenvalue weighted by Crippen LogP contribution is 2.34. The van der Waals surface area contributed by atoms with Gasteiger partial charge in [-0.3, -0.25) is 0 Å². The monoisotopic (exact) mass is 483 g/mol. The second-order valence-electron chi connectivity index (χ2n) is 8.03. The fourth-order valence-corrected chi connectivity index (χ4v) is 3.85. The molecule has 0 saturated heterocycles. The Morgan fingerprint density at radius 1 is 1.12 bits per heavy atom. The molecule has 0 fully saturated rings. The number of benzene rings is 3. The average molecular weight is 484 g/mol. The Morgan fingerprint density at radius 3 is 2.74 bits per heavy atom. The molecule has 0 radical (unpaired) electrons. The Hall–Kier alpha value is -3.26. The minimum atomic E-state index is -1.08. The first-order valence-corrected chi connectivity index (χ1v) is 11.4. The molecule has 3 aromatic rings. The van der Waals surface area contributed by atoms with Crippen molar-refractivity contribution in [2.75, 3.05) is 19.7 Å². The van der Waals surface area contributed by atoms with Gasteiger partial charge in [0.1, 0.15) is 47.4 Å². The van der Waals surface area contributed by atoms with Gasteiger partial charge in [0.2, 0.25) is 0 Å². The summed E-state index contributed by atoms with van der Waals surface area (Å²) in [7, 11) is 0. The maximum Gasteiger partial charge on any atom is 0.339 e. The van der Waals surface area contributed by atoms with Crippen LogP contribution in [0.2, 0.25) is 5.02 Å². The lowest BCUT2D eigenvalue weighted by Gasteiger charge is -2.27. The fourth-order valence-electron chi connectivity index (χ4n) is 3.69. The van der Waals surface area contributed by atoms with E-state index < -0.39 is 12.1 Å². The number of carboxylic acid groups (broad SMARTS) is 1. The average Bonchev–Trinajstić information content (AvgIpc) is 2.83. The number of halogens is 1. The van der Waals surface area contributed by atoms with E-state index in [4.69, 9.17) is 25.8 Å². The molecule has 0 unspecified atom stereocenters. The predicted molar refractivity (Wildman–Crippen MR) is 128 cm³/mol. The minimum Gasteiger partial charge on any atom is -0.491 e. The van der Waals surface area contributed by atoms with Crippen molar-refractivity contribution in [3.63, 3.8) is 0 Å². The molecule has 8 heteroatoms. The van der Waals surface area contributed by atoms with Gasteiger partial charge < -0.3 is 29.7 Å². The van der Waals surface area contributed by atoms with E-state index >= 15 is 0 Å². The van der Waals surface area contributed by atoms with Crippen LogP contribution >= 0.6 is 11.6 Å². The summed E-state index contributed by atoms with van der Waals surface area (Å²) >= 11 is 6.00. The van der Waals surface area contributed by atoms with E-state index in [1.165, 1.54) is 18.2 Å². The summed E-state index contributed by atoms with van der Waals surface area (Å²) < 4.78 is 17.5. The number of fused-ring (bicyclic) bond motifs is 1. The highest BCUT2D eigenvalue weighted by Gasteiger charge is 2.21. The molecule has 4 rings (SSSR count). The maximum absolute atomic E-state index is 11.5. The molecule has 0 spiro atoms. The summed E-state index contributed by atoms with van der Waals surface area (Å²) in [5, 5.41) is 23.1. The largest absolute Gasteiger partial charge is 0.491 e. The van der Waals surface area contributed by atoms with Gasteiger partial charge in [-0.25, -0.2) is 4.79 Å². The number of carboxylic acids is 1. The van der Waals surface area contributed by atoms with E-state index in [1.54, 1.807) is 6.07 Å². The number of ether oxygens (including phenoxy) is 3. The van der Waals surface area contributed by atoms with E-state index in [9.17, 15) is 15.0 Å². The summed E-state index contributed by atoms with van der Waals surface area (Å²) in [6, 6.07) is 19.2. The van der Waals surface area contributed by atoms with Crippen molar-refractivity contribution in [1.82, 2.24) is 5.32 Å². The van der Waals surface area contributed by atoms with E-state index in [1.807, 2.05) is 42.5 Å². The van der Waals surface area contributed by atoms with Crippen LogP contribution in [-0.4, -0.2) is 48.1 Å². The van der Waals surface area contributed by atoms with Crippen molar-refractivity contribution in [3.8, 4) is 23.0 Å². The first-order valence-electron chi connectivity index (χ1n) is 11.0. The number of aliphatic hydroxyl groups excluding tert-OH is 1. The van der Waals surface area contributed by atoms with Gasteiger partial charge in [0.15, 0.2) is 0 Å². The van der Waals surface area contributed by atoms with Crippen LogP contribution in [0, 0.1) is 0 Å². The van der Waals surface area contributed by atoms with Crippen LogP contribution in [0.25, 0.3) is 0 Å². The Kier molecular flexibility index (Phi) is 7.90. The second kappa shape index (κ2) is 11.2. The normalized spacial score (nSPS) is 15.6. The number of aryl methyl sites for hydroxylation is 1. The highest BCUT2D eigenvalue weighted by atomic mass is 35.5. The maximum atomic E-state index is 11.5.